The molecule has 2 aliphatic rings. The summed E-state index contributed by atoms with van der Waals surface area (Å²) in [6.07, 6.45) is 6.44. The fourth-order valence-electron chi connectivity index (χ4n) is 4.81. The summed E-state index contributed by atoms with van der Waals surface area (Å²) in [6.45, 7) is 4.78. The van der Waals surface area contributed by atoms with Crippen LogP contribution in [0, 0.1) is 5.82 Å². The van der Waals surface area contributed by atoms with Gasteiger partial charge in [-0.05, 0) is 43.9 Å². The molecule has 176 valence electrons. The summed E-state index contributed by atoms with van der Waals surface area (Å²) >= 11 is 0. The first kappa shape index (κ1) is 24.9. The Bertz CT molecular complexity index is 894. The van der Waals surface area contributed by atoms with Crippen LogP contribution in [-0.4, -0.2) is 47.0 Å². The maximum atomic E-state index is 13.5. The number of aryl methyl sites for hydroxylation is 1. The molecule has 2 N–H and O–H groups in total. The first-order chi connectivity index (χ1) is 15.1. The van der Waals surface area contributed by atoms with Gasteiger partial charge in [-0.15, -0.1) is 24.0 Å². The number of fused-ring (bicyclic) bond motifs is 1. The number of aromatic nitrogens is 3. The highest BCUT2D eigenvalue weighted by Crippen LogP contribution is 2.41. The van der Waals surface area contributed by atoms with Crippen LogP contribution in [0.3, 0.4) is 0 Å². The maximum Gasteiger partial charge on any atom is 0.191 e. The minimum absolute atomic E-state index is 0. The molecular weight excluding hydrogens is 522 g/mol. The molecule has 1 saturated carbocycles. The third kappa shape index (κ3) is 5.78. The Labute approximate surface area is 206 Å². The van der Waals surface area contributed by atoms with E-state index in [1.807, 2.05) is 16.8 Å². The van der Waals surface area contributed by atoms with Gasteiger partial charge in [0.2, 0.25) is 0 Å². The second-order valence-electron chi connectivity index (χ2n) is 8.63. The molecule has 0 bridgehead atoms. The van der Waals surface area contributed by atoms with Gasteiger partial charge in [-0.25, -0.2) is 14.1 Å². The average molecular weight is 556 g/mol. The van der Waals surface area contributed by atoms with E-state index in [0.29, 0.717) is 13.2 Å². The van der Waals surface area contributed by atoms with E-state index in [4.69, 9.17) is 9.73 Å². The molecule has 0 amide bonds. The molecule has 1 aromatic heterocycles. The van der Waals surface area contributed by atoms with Gasteiger partial charge in [-0.3, -0.25) is 4.99 Å². The number of benzene rings is 1. The summed E-state index contributed by atoms with van der Waals surface area (Å²) < 4.78 is 20.6. The summed E-state index contributed by atoms with van der Waals surface area (Å²) in [5, 5.41) is 11.6. The molecule has 7 nitrogen and oxygen atoms in total. The third-order valence-electron chi connectivity index (χ3n) is 6.42. The van der Waals surface area contributed by atoms with E-state index in [0.717, 1.165) is 56.4 Å². The van der Waals surface area contributed by atoms with Gasteiger partial charge in [0, 0.05) is 31.5 Å². The van der Waals surface area contributed by atoms with Crippen molar-refractivity contribution in [3.8, 4) is 0 Å². The SMILES string of the molecule is CCNC(=NCC1(c2ccc(F)cc2)CCCC1)NC1CCc2nc(COC)nn2C1.I. The predicted octanol–water partition coefficient (Wildman–Crippen LogP) is 3.56. The van der Waals surface area contributed by atoms with E-state index in [1.54, 1.807) is 19.2 Å². The number of methoxy groups -OCH3 is 1. The van der Waals surface area contributed by atoms with Gasteiger partial charge < -0.3 is 15.4 Å². The van der Waals surface area contributed by atoms with E-state index in [1.165, 1.54) is 18.4 Å². The molecular formula is C23H34FIN6O. The number of nitrogens with one attached hydrogen (secondary N) is 2. The first-order valence-electron chi connectivity index (χ1n) is 11.3. The Kier molecular flexibility index (Phi) is 8.87. The lowest BCUT2D eigenvalue weighted by atomic mass is 9.79. The zero-order valence-corrected chi connectivity index (χ0v) is 21.3. The van der Waals surface area contributed by atoms with Crippen molar-refractivity contribution in [2.45, 2.75) is 70.1 Å². The average Bonchev–Trinajstić information content (AvgIpc) is 3.40. The summed E-state index contributed by atoms with van der Waals surface area (Å²) in [5.41, 5.74) is 1.19. The van der Waals surface area contributed by atoms with Gasteiger partial charge in [0.25, 0.3) is 0 Å². The summed E-state index contributed by atoms with van der Waals surface area (Å²) in [5.74, 6) is 2.41. The molecule has 2 heterocycles. The fraction of sp³-hybridized carbons (Fsp3) is 0.609. The molecule has 0 saturated heterocycles. The van der Waals surface area contributed by atoms with Crippen molar-refractivity contribution >= 4 is 29.9 Å². The van der Waals surface area contributed by atoms with Crippen LogP contribution in [-0.2, 0) is 29.7 Å². The van der Waals surface area contributed by atoms with Gasteiger partial charge >= 0.3 is 0 Å². The van der Waals surface area contributed by atoms with E-state index >= 15 is 0 Å². The second kappa shape index (κ2) is 11.4. The molecule has 1 aliphatic heterocycles. The molecule has 4 rings (SSSR count). The normalized spacial score (nSPS) is 19.8. The van der Waals surface area contributed by atoms with Crippen LogP contribution >= 0.6 is 24.0 Å². The van der Waals surface area contributed by atoms with Crippen LogP contribution in [0.2, 0.25) is 0 Å². The molecule has 1 aliphatic carbocycles. The highest BCUT2D eigenvalue weighted by molar-refractivity contribution is 14.0. The Balaban J connectivity index is 0.00000289. The maximum absolute atomic E-state index is 13.5. The fourth-order valence-corrected chi connectivity index (χ4v) is 4.81. The van der Waals surface area contributed by atoms with Crippen LogP contribution in [0.4, 0.5) is 4.39 Å². The number of hydrogen-bond donors (Lipinski definition) is 2. The summed E-state index contributed by atoms with van der Waals surface area (Å²) in [7, 11) is 1.66. The van der Waals surface area contributed by atoms with Crippen molar-refractivity contribution in [2.24, 2.45) is 4.99 Å². The van der Waals surface area contributed by atoms with Gasteiger partial charge in [0.1, 0.15) is 18.2 Å². The quantitative estimate of drug-likeness (QED) is 0.310. The molecule has 1 fully saturated rings. The molecule has 32 heavy (non-hydrogen) atoms. The molecule has 9 heteroatoms. The van der Waals surface area contributed by atoms with E-state index in [2.05, 4.69) is 27.6 Å². The molecule has 1 atom stereocenters. The van der Waals surface area contributed by atoms with Gasteiger partial charge in [0.15, 0.2) is 11.8 Å². The standard InChI is InChI=1S/C23H33FN6O.HI/c1-3-25-22(27-19-10-11-21-28-20(15-31-2)29-30(21)14-19)26-16-23(12-4-5-13-23)17-6-8-18(24)9-7-17;/h6-9,19H,3-5,10-16H2,1-2H3,(H2,25,26,27);1H. The number of ether oxygens (including phenoxy) is 1. The third-order valence-corrected chi connectivity index (χ3v) is 6.42. The Hall–Kier alpha value is -1.75. The number of guanidine groups is 1. The van der Waals surface area contributed by atoms with Gasteiger partial charge in [0.05, 0.1) is 13.1 Å². The van der Waals surface area contributed by atoms with Crippen LogP contribution in [0.15, 0.2) is 29.3 Å². The lowest BCUT2D eigenvalue weighted by molar-refractivity contribution is 0.177. The smallest absolute Gasteiger partial charge is 0.191 e. The van der Waals surface area contributed by atoms with Crippen LogP contribution < -0.4 is 10.6 Å². The van der Waals surface area contributed by atoms with Crippen LogP contribution in [0.5, 0.6) is 0 Å². The molecule has 0 spiro atoms. The van der Waals surface area contributed by atoms with Crippen molar-refractivity contribution in [2.75, 3.05) is 20.2 Å². The monoisotopic (exact) mass is 556 g/mol. The zero-order chi connectivity index (χ0) is 21.7. The van der Waals surface area contributed by atoms with E-state index in [-0.39, 0.29) is 41.3 Å². The summed E-state index contributed by atoms with van der Waals surface area (Å²) in [6, 6.07) is 7.24. The van der Waals surface area contributed by atoms with Gasteiger partial charge in [-0.1, -0.05) is 25.0 Å². The molecule has 1 unspecified atom stereocenters. The lowest BCUT2D eigenvalue weighted by Gasteiger charge is -2.29. The largest absolute Gasteiger partial charge is 0.377 e. The number of aliphatic imine (C=N–C) groups is 1. The molecule has 2 aromatic rings. The topological polar surface area (TPSA) is 76.4 Å². The number of hydrogen-bond acceptors (Lipinski definition) is 4. The number of rotatable bonds is 7. The van der Waals surface area contributed by atoms with Crippen molar-refractivity contribution in [3.05, 3.63) is 47.3 Å². The number of halogens is 2. The van der Waals surface area contributed by atoms with Crippen molar-refractivity contribution in [1.82, 2.24) is 25.4 Å². The van der Waals surface area contributed by atoms with Crippen LogP contribution in [0.1, 0.15) is 56.2 Å². The molecule has 0 radical (unpaired) electrons. The first-order valence-corrected chi connectivity index (χ1v) is 11.3. The van der Waals surface area contributed by atoms with Gasteiger partial charge in [-0.2, -0.15) is 5.10 Å². The van der Waals surface area contributed by atoms with Crippen LogP contribution in [0.25, 0.3) is 0 Å². The zero-order valence-electron chi connectivity index (χ0n) is 18.9. The Morgan fingerprint density at radius 2 is 2.03 bits per heavy atom. The van der Waals surface area contributed by atoms with Crippen molar-refractivity contribution in [1.29, 1.82) is 0 Å². The number of nitrogens with zero attached hydrogens (tertiary/aromatic N) is 4. The van der Waals surface area contributed by atoms with Crippen molar-refractivity contribution in [3.63, 3.8) is 0 Å². The lowest BCUT2D eigenvalue weighted by Crippen LogP contribution is -2.47. The highest BCUT2D eigenvalue weighted by Gasteiger charge is 2.35. The van der Waals surface area contributed by atoms with E-state index in [9.17, 15) is 4.39 Å². The predicted molar refractivity (Wildman–Crippen MR) is 134 cm³/mol. The minimum Gasteiger partial charge on any atom is -0.377 e. The minimum atomic E-state index is -0.186. The van der Waals surface area contributed by atoms with Crippen molar-refractivity contribution < 1.29 is 9.13 Å². The second-order valence-corrected chi connectivity index (χ2v) is 8.63. The Morgan fingerprint density at radius 3 is 2.72 bits per heavy atom. The molecule has 1 aromatic carbocycles. The highest BCUT2D eigenvalue weighted by atomic mass is 127. The van der Waals surface area contributed by atoms with E-state index < -0.39 is 0 Å². The Morgan fingerprint density at radius 1 is 1.28 bits per heavy atom. The summed E-state index contributed by atoms with van der Waals surface area (Å²) in [4.78, 5) is 9.54.